The molecular formula is C11H15NO2. The Kier molecular flexibility index (Phi) is 2.81. The zero-order valence-electron chi connectivity index (χ0n) is 8.20. The van der Waals surface area contributed by atoms with Crippen LogP contribution in [0.25, 0.3) is 0 Å². The Morgan fingerprint density at radius 3 is 2.57 bits per heavy atom. The molecular weight excluding hydrogens is 178 g/mol. The summed E-state index contributed by atoms with van der Waals surface area (Å²) in [5, 5.41) is 18.4. The molecule has 0 aliphatic heterocycles. The fraction of sp³-hybridized carbons (Fsp3) is 0.273. The van der Waals surface area contributed by atoms with Gasteiger partial charge in [0.15, 0.2) is 11.5 Å². The highest BCUT2D eigenvalue weighted by molar-refractivity contribution is 5.42. The number of nitrogens with two attached hydrogens (primary N) is 1. The van der Waals surface area contributed by atoms with Gasteiger partial charge in [0.1, 0.15) is 0 Å². The largest absolute Gasteiger partial charge is 0.504 e. The van der Waals surface area contributed by atoms with Gasteiger partial charge in [0.2, 0.25) is 0 Å². The van der Waals surface area contributed by atoms with Gasteiger partial charge in [-0.15, -0.1) is 6.58 Å². The molecule has 76 valence electrons. The summed E-state index contributed by atoms with van der Waals surface area (Å²) in [5.41, 5.74) is 6.21. The summed E-state index contributed by atoms with van der Waals surface area (Å²) in [6.07, 6.45) is 2.33. The van der Waals surface area contributed by atoms with E-state index in [1.165, 1.54) is 12.1 Å². The number of phenols is 2. The van der Waals surface area contributed by atoms with Crippen molar-refractivity contribution in [2.45, 2.75) is 18.9 Å². The second kappa shape index (κ2) is 3.72. The first kappa shape index (κ1) is 10.6. The van der Waals surface area contributed by atoms with Gasteiger partial charge in [0.05, 0.1) is 0 Å². The third-order valence-electron chi connectivity index (χ3n) is 2.20. The number of hydrogen-bond donors (Lipinski definition) is 3. The molecule has 14 heavy (non-hydrogen) atoms. The average molecular weight is 193 g/mol. The number of hydrogen-bond acceptors (Lipinski definition) is 3. The molecule has 0 aliphatic carbocycles. The van der Waals surface area contributed by atoms with E-state index in [0.29, 0.717) is 6.42 Å². The van der Waals surface area contributed by atoms with Crippen molar-refractivity contribution in [3.05, 3.63) is 36.4 Å². The van der Waals surface area contributed by atoms with Gasteiger partial charge in [-0.05, 0) is 31.0 Å². The molecule has 0 amide bonds. The quantitative estimate of drug-likeness (QED) is 0.507. The zero-order chi connectivity index (χ0) is 10.8. The molecule has 1 aromatic rings. The van der Waals surface area contributed by atoms with Crippen LogP contribution in [0.3, 0.4) is 0 Å². The first-order valence-corrected chi connectivity index (χ1v) is 4.39. The summed E-state index contributed by atoms with van der Waals surface area (Å²) in [6, 6.07) is 4.59. The van der Waals surface area contributed by atoms with Crippen LogP contribution >= 0.6 is 0 Å². The fourth-order valence-electron chi connectivity index (χ4n) is 1.30. The number of rotatable bonds is 3. The van der Waals surface area contributed by atoms with Crippen molar-refractivity contribution in [2.24, 2.45) is 5.73 Å². The maximum absolute atomic E-state index is 9.30. The standard InChI is InChI=1S/C11H15NO2/c1-3-6-11(2,12)8-4-5-9(13)10(14)7-8/h3-5,7,13-14H,1,6,12H2,2H3. The van der Waals surface area contributed by atoms with Gasteiger partial charge in [-0.2, -0.15) is 0 Å². The molecule has 0 bridgehead atoms. The molecule has 3 heteroatoms. The summed E-state index contributed by atoms with van der Waals surface area (Å²) in [6.45, 7) is 5.47. The van der Waals surface area contributed by atoms with Crippen molar-refractivity contribution in [3.63, 3.8) is 0 Å². The molecule has 0 aliphatic rings. The minimum absolute atomic E-state index is 0.136. The Bertz CT molecular complexity index is 345. The second-order valence-corrected chi connectivity index (χ2v) is 3.61. The summed E-state index contributed by atoms with van der Waals surface area (Å²) >= 11 is 0. The smallest absolute Gasteiger partial charge is 0.157 e. The van der Waals surface area contributed by atoms with Crippen LogP contribution in [0.15, 0.2) is 30.9 Å². The van der Waals surface area contributed by atoms with Crippen LogP contribution in [0.4, 0.5) is 0 Å². The third kappa shape index (κ3) is 2.06. The second-order valence-electron chi connectivity index (χ2n) is 3.61. The van der Waals surface area contributed by atoms with E-state index in [1.54, 1.807) is 12.1 Å². The molecule has 3 nitrogen and oxygen atoms in total. The maximum atomic E-state index is 9.30. The Hall–Kier alpha value is -1.48. The molecule has 1 atom stereocenters. The Balaban J connectivity index is 3.07. The minimum Gasteiger partial charge on any atom is -0.504 e. The molecule has 1 aromatic carbocycles. The summed E-state index contributed by atoms with van der Waals surface area (Å²) < 4.78 is 0. The van der Waals surface area contributed by atoms with Crippen LogP contribution in [0.5, 0.6) is 11.5 Å². The van der Waals surface area contributed by atoms with E-state index in [2.05, 4.69) is 6.58 Å². The first-order valence-electron chi connectivity index (χ1n) is 4.39. The minimum atomic E-state index is -0.563. The van der Waals surface area contributed by atoms with E-state index in [9.17, 15) is 5.11 Å². The van der Waals surface area contributed by atoms with Gasteiger partial charge in [-0.3, -0.25) is 0 Å². The summed E-state index contributed by atoms with van der Waals surface area (Å²) in [5.74, 6) is -0.286. The topological polar surface area (TPSA) is 66.5 Å². The first-order chi connectivity index (χ1) is 6.47. The van der Waals surface area contributed by atoms with E-state index in [-0.39, 0.29) is 11.5 Å². The molecule has 0 radical (unpaired) electrons. The maximum Gasteiger partial charge on any atom is 0.157 e. The molecule has 1 rings (SSSR count). The molecule has 4 N–H and O–H groups in total. The monoisotopic (exact) mass is 193 g/mol. The van der Waals surface area contributed by atoms with Crippen molar-refractivity contribution < 1.29 is 10.2 Å². The number of aromatic hydroxyl groups is 2. The average Bonchev–Trinajstić information content (AvgIpc) is 2.09. The third-order valence-corrected chi connectivity index (χ3v) is 2.20. The number of benzene rings is 1. The lowest BCUT2D eigenvalue weighted by molar-refractivity contribution is 0.400. The van der Waals surface area contributed by atoms with E-state index in [0.717, 1.165) is 5.56 Å². The van der Waals surface area contributed by atoms with Crippen molar-refractivity contribution in [1.82, 2.24) is 0 Å². The molecule has 0 saturated heterocycles. The van der Waals surface area contributed by atoms with Gasteiger partial charge >= 0.3 is 0 Å². The SMILES string of the molecule is C=CCC(C)(N)c1ccc(O)c(O)c1. The van der Waals surface area contributed by atoms with Crippen molar-refractivity contribution in [3.8, 4) is 11.5 Å². The molecule has 0 fully saturated rings. The highest BCUT2D eigenvalue weighted by Gasteiger charge is 2.20. The molecule has 0 heterocycles. The predicted octanol–water partition coefficient (Wildman–Crippen LogP) is 1.85. The van der Waals surface area contributed by atoms with Crippen LogP contribution in [-0.2, 0) is 5.54 Å². The van der Waals surface area contributed by atoms with Crippen LogP contribution < -0.4 is 5.73 Å². The molecule has 0 saturated carbocycles. The van der Waals surface area contributed by atoms with Crippen molar-refractivity contribution in [1.29, 1.82) is 0 Å². The summed E-state index contributed by atoms with van der Waals surface area (Å²) in [7, 11) is 0. The van der Waals surface area contributed by atoms with Crippen LogP contribution in [0, 0.1) is 0 Å². The normalized spacial score (nSPS) is 14.7. The van der Waals surface area contributed by atoms with E-state index < -0.39 is 5.54 Å². The van der Waals surface area contributed by atoms with Gasteiger partial charge in [-0.25, -0.2) is 0 Å². The number of phenolic OH excluding ortho intramolecular Hbond substituents is 2. The van der Waals surface area contributed by atoms with E-state index in [1.807, 2.05) is 6.92 Å². The summed E-state index contributed by atoms with van der Waals surface area (Å²) in [4.78, 5) is 0. The molecule has 1 unspecified atom stereocenters. The Morgan fingerprint density at radius 2 is 2.07 bits per heavy atom. The lowest BCUT2D eigenvalue weighted by Crippen LogP contribution is -2.32. The van der Waals surface area contributed by atoms with Crippen LogP contribution in [0.1, 0.15) is 18.9 Å². The van der Waals surface area contributed by atoms with Gasteiger partial charge in [0, 0.05) is 5.54 Å². The predicted molar refractivity (Wildman–Crippen MR) is 56.1 cm³/mol. The van der Waals surface area contributed by atoms with Crippen molar-refractivity contribution >= 4 is 0 Å². The lowest BCUT2D eigenvalue weighted by atomic mass is 9.89. The van der Waals surface area contributed by atoms with Gasteiger partial charge in [0.25, 0.3) is 0 Å². The zero-order valence-corrected chi connectivity index (χ0v) is 8.20. The fourth-order valence-corrected chi connectivity index (χ4v) is 1.30. The highest BCUT2D eigenvalue weighted by atomic mass is 16.3. The van der Waals surface area contributed by atoms with E-state index >= 15 is 0 Å². The Morgan fingerprint density at radius 1 is 1.43 bits per heavy atom. The molecule has 0 spiro atoms. The lowest BCUT2D eigenvalue weighted by Gasteiger charge is -2.23. The van der Waals surface area contributed by atoms with Crippen LogP contribution in [0.2, 0.25) is 0 Å². The highest BCUT2D eigenvalue weighted by Crippen LogP contribution is 2.30. The van der Waals surface area contributed by atoms with Gasteiger partial charge < -0.3 is 15.9 Å². The van der Waals surface area contributed by atoms with Gasteiger partial charge in [-0.1, -0.05) is 12.1 Å². The van der Waals surface area contributed by atoms with E-state index in [4.69, 9.17) is 10.8 Å². The van der Waals surface area contributed by atoms with Crippen LogP contribution in [-0.4, -0.2) is 10.2 Å². The Labute approximate surface area is 83.5 Å². The van der Waals surface area contributed by atoms with Crippen molar-refractivity contribution in [2.75, 3.05) is 0 Å². The molecule has 0 aromatic heterocycles.